The van der Waals surface area contributed by atoms with E-state index in [9.17, 15) is 19.8 Å². The molecule has 0 saturated carbocycles. The van der Waals surface area contributed by atoms with Gasteiger partial charge in [-0.1, -0.05) is 19.6 Å². The van der Waals surface area contributed by atoms with Crippen LogP contribution in [0.5, 0.6) is 11.5 Å². The maximum atomic E-state index is 12.4. The Morgan fingerprint density at radius 2 is 1.88 bits per heavy atom. The third-order valence-electron chi connectivity index (χ3n) is 5.23. The van der Waals surface area contributed by atoms with Gasteiger partial charge in [0.2, 0.25) is 0 Å². The second-order valence-corrected chi connectivity index (χ2v) is 16.1. The highest BCUT2D eigenvalue weighted by molar-refractivity contribution is 6.76. The molecular formula is C23H37NO7Si. The Morgan fingerprint density at radius 3 is 2.47 bits per heavy atom. The van der Waals surface area contributed by atoms with E-state index < -0.39 is 31.7 Å². The van der Waals surface area contributed by atoms with Crippen LogP contribution < -0.4 is 4.74 Å². The summed E-state index contributed by atoms with van der Waals surface area (Å²) in [6, 6.07) is 5.81. The molecule has 180 valence electrons. The van der Waals surface area contributed by atoms with Crippen LogP contribution in [0, 0.1) is 5.92 Å². The van der Waals surface area contributed by atoms with Crippen molar-refractivity contribution in [1.82, 2.24) is 4.90 Å². The van der Waals surface area contributed by atoms with E-state index in [0.717, 1.165) is 6.04 Å². The zero-order valence-electron chi connectivity index (χ0n) is 20.0. The molecule has 2 atom stereocenters. The van der Waals surface area contributed by atoms with Crippen molar-refractivity contribution in [3.8, 4) is 11.5 Å². The Balaban J connectivity index is 2.06. The molecule has 2 N–H and O–H groups in total. The van der Waals surface area contributed by atoms with Gasteiger partial charge in [-0.15, -0.1) is 0 Å². The van der Waals surface area contributed by atoms with Crippen molar-refractivity contribution in [2.75, 3.05) is 26.5 Å². The van der Waals surface area contributed by atoms with Crippen molar-refractivity contribution in [1.29, 1.82) is 0 Å². The third-order valence-corrected chi connectivity index (χ3v) is 6.93. The number of carboxylic acids is 1. The van der Waals surface area contributed by atoms with Gasteiger partial charge in [0.1, 0.15) is 17.1 Å². The summed E-state index contributed by atoms with van der Waals surface area (Å²) in [5, 5.41) is 20.0. The monoisotopic (exact) mass is 467 g/mol. The van der Waals surface area contributed by atoms with E-state index in [1.807, 2.05) is 0 Å². The van der Waals surface area contributed by atoms with Gasteiger partial charge in [0, 0.05) is 39.8 Å². The molecule has 1 heterocycles. The number of phenolic OH excluding ortho intramolecular Hbond substituents is 1. The SMILES string of the molecule is CC(C)(C)OC(=O)N1CC[C@H](c2cc(O)cc(OCOCC[Si](C)(C)C)c2)[C@@H](C(=O)O)C1. The second kappa shape index (κ2) is 10.6. The summed E-state index contributed by atoms with van der Waals surface area (Å²) in [6.07, 6.45) is -0.0798. The summed E-state index contributed by atoms with van der Waals surface area (Å²) in [7, 11) is -1.19. The molecule has 0 aromatic heterocycles. The minimum Gasteiger partial charge on any atom is -0.508 e. The molecule has 1 saturated heterocycles. The summed E-state index contributed by atoms with van der Waals surface area (Å²) in [4.78, 5) is 25.8. The predicted octanol–water partition coefficient (Wildman–Crippen LogP) is 4.51. The van der Waals surface area contributed by atoms with Crippen molar-refractivity contribution < 1.29 is 34.0 Å². The molecule has 32 heavy (non-hydrogen) atoms. The number of carbonyl (C=O) groups excluding carboxylic acids is 1. The summed E-state index contributed by atoms with van der Waals surface area (Å²) in [5.74, 6) is -1.76. The van der Waals surface area contributed by atoms with Crippen LogP contribution in [0.4, 0.5) is 4.79 Å². The van der Waals surface area contributed by atoms with E-state index in [1.54, 1.807) is 32.9 Å². The molecule has 0 unspecified atom stereocenters. The molecule has 0 radical (unpaired) electrons. The van der Waals surface area contributed by atoms with E-state index in [2.05, 4.69) is 19.6 Å². The van der Waals surface area contributed by atoms with Crippen LogP contribution in [0.1, 0.15) is 38.7 Å². The van der Waals surface area contributed by atoms with E-state index in [0.29, 0.717) is 30.9 Å². The molecule has 1 aliphatic rings. The number of benzene rings is 1. The van der Waals surface area contributed by atoms with Crippen LogP contribution in [0.3, 0.4) is 0 Å². The fourth-order valence-corrected chi connectivity index (χ4v) is 4.30. The van der Waals surface area contributed by atoms with Crippen LogP contribution in [-0.2, 0) is 14.3 Å². The molecule has 1 aromatic carbocycles. The number of likely N-dealkylation sites (tertiary alicyclic amines) is 1. The highest BCUT2D eigenvalue weighted by Crippen LogP contribution is 2.37. The molecule has 0 spiro atoms. The maximum absolute atomic E-state index is 12.4. The summed E-state index contributed by atoms with van der Waals surface area (Å²) >= 11 is 0. The van der Waals surface area contributed by atoms with E-state index in [-0.39, 0.29) is 25.0 Å². The average molecular weight is 468 g/mol. The second-order valence-electron chi connectivity index (χ2n) is 10.5. The number of carboxylic acid groups (broad SMARTS) is 1. The Morgan fingerprint density at radius 1 is 1.19 bits per heavy atom. The van der Waals surface area contributed by atoms with Gasteiger partial charge in [0.25, 0.3) is 0 Å². The minimum atomic E-state index is -1.19. The normalized spacial score (nSPS) is 19.5. The predicted molar refractivity (Wildman–Crippen MR) is 124 cm³/mol. The van der Waals surface area contributed by atoms with E-state index >= 15 is 0 Å². The number of carbonyl (C=O) groups is 2. The zero-order chi connectivity index (χ0) is 24.1. The first-order chi connectivity index (χ1) is 14.7. The highest BCUT2D eigenvalue weighted by atomic mass is 28.3. The molecule has 1 fully saturated rings. The summed E-state index contributed by atoms with van der Waals surface area (Å²) < 4.78 is 16.6. The number of rotatable bonds is 8. The number of aromatic hydroxyl groups is 1. The smallest absolute Gasteiger partial charge is 0.410 e. The first-order valence-electron chi connectivity index (χ1n) is 11.0. The van der Waals surface area contributed by atoms with Gasteiger partial charge < -0.3 is 29.3 Å². The van der Waals surface area contributed by atoms with Gasteiger partial charge in [0.05, 0.1) is 5.92 Å². The molecule has 9 heteroatoms. The van der Waals surface area contributed by atoms with Crippen molar-refractivity contribution in [3.63, 3.8) is 0 Å². The summed E-state index contributed by atoms with van der Waals surface area (Å²) in [6.45, 7) is 13.2. The number of hydrogen-bond acceptors (Lipinski definition) is 6. The first kappa shape index (κ1) is 26.0. The lowest BCUT2D eigenvalue weighted by Gasteiger charge is -2.37. The number of amides is 1. The molecule has 1 aliphatic heterocycles. The van der Waals surface area contributed by atoms with Crippen LogP contribution in [0.15, 0.2) is 18.2 Å². The van der Waals surface area contributed by atoms with Gasteiger partial charge in [-0.05, 0) is 50.9 Å². The van der Waals surface area contributed by atoms with Crippen molar-refractivity contribution in [3.05, 3.63) is 23.8 Å². The van der Waals surface area contributed by atoms with Gasteiger partial charge in [-0.3, -0.25) is 4.79 Å². The molecule has 2 rings (SSSR count). The lowest BCUT2D eigenvalue weighted by atomic mass is 9.80. The van der Waals surface area contributed by atoms with E-state index in [4.69, 9.17) is 14.2 Å². The van der Waals surface area contributed by atoms with Gasteiger partial charge in [-0.2, -0.15) is 0 Å². The zero-order valence-corrected chi connectivity index (χ0v) is 21.0. The fourth-order valence-electron chi connectivity index (χ4n) is 3.54. The number of nitrogens with zero attached hydrogens (tertiary/aromatic N) is 1. The highest BCUT2D eigenvalue weighted by Gasteiger charge is 2.38. The molecule has 0 bridgehead atoms. The fraction of sp³-hybridized carbons (Fsp3) is 0.652. The Kier molecular flexibility index (Phi) is 8.58. The topological polar surface area (TPSA) is 106 Å². The largest absolute Gasteiger partial charge is 0.508 e. The Hall–Kier alpha value is -2.26. The number of ether oxygens (including phenoxy) is 3. The standard InChI is InChI=1S/C23H37NO7Si/c1-23(2,3)31-22(28)24-8-7-19(20(14-24)21(26)27)16-11-17(25)13-18(12-16)30-15-29-9-10-32(4,5)6/h11-13,19-20,25H,7-10,14-15H2,1-6H3,(H,26,27)/t19-,20+/m1/s1. The Bertz CT molecular complexity index is 801. The Labute approximate surface area is 191 Å². The minimum absolute atomic E-state index is 0.00157. The lowest BCUT2D eigenvalue weighted by Crippen LogP contribution is -2.47. The van der Waals surface area contributed by atoms with Gasteiger partial charge in [0.15, 0.2) is 6.79 Å². The van der Waals surface area contributed by atoms with Crippen molar-refractivity contribution in [2.45, 2.75) is 64.4 Å². The van der Waals surface area contributed by atoms with Crippen LogP contribution in [0.25, 0.3) is 0 Å². The van der Waals surface area contributed by atoms with Crippen LogP contribution in [-0.4, -0.2) is 67.3 Å². The van der Waals surface area contributed by atoms with Crippen molar-refractivity contribution >= 4 is 20.1 Å². The van der Waals surface area contributed by atoms with Crippen LogP contribution in [0.2, 0.25) is 25.7 Å². The molecule has 1 aromatic rings. The van der Waals surface area contributed by atoms with Crippen molar-refractivity contribution in [2.24, 2.45) is 5.92 Å². The number of hydrogen-bond donors (Lipinski definition) is 2. The summed E-state index contributed by atoms with van der Waals surface area (Å²) in [5.41, 5.74) is 0.0136. The number of phenols is 1. The average Bonchev–Trinajstić information content (AvgIpc) is 2.64. The first-order valence-corrected chi connectivity index (χ1v) is 14.7. The van der Waals surface area contributed by atoms with E-state index in [1.165, 1.54) is 11.0 Å². The quantitative estimate of drug-likeness (QED) is 0.329. The number of aliphatic carboxylic acids is 1. The lowest BCUT2D eigenvalue weighted by molar-refractivity contribution is -0.144. The molecular weight excluding hydrogens is 430 g/mol. The molecule has 1 amide bonds. The number of piperidine rings is 1. The van der Waals surface area contributed by atoms with Gasteiger partial charge in [-0.25, -0.2) is 4.79 Å². The molecule has 0 aliphatic carbocycles. The third kappa shape index (κ3) is 8.35. The van der Waals surface area contributed by atoms with Gasteiger partial charge >= 0.3 is 12.1 Å². The van der Waals surface area contributed by atoms with Crippen LogP contribution >= 0.6 is 0 Å². The molecule has 8 nitrogen and oxygen atoms in total. The maximum Gasteiger partial charge on any atom is 0.410 e.